The van der Waals surface area contributed by atoms with Gasteiger partial charge in [-0.1, -0.05) is 36.4 Å². The van der Waals surface area contributed by atoms with Gasteiger partial charge in [0, 0.05) is 11.6 Å². The van der Waals surface area contributed by atoms with E-state index in [-0.39, 0.29) is 5.52 Å². The van der Waals surface area contributed by atoms with Gasteiger partial charge in [-0.25, -0.2) is 14.3 Å². The number of nitrogens with zero attached hydrogens (tertiary/aromatic N) is 2. The van der Waals surface area contributed by atoms with E-state index in [1.807, 2.05) is 36.4 Å². The number of aromatic amines is 1. The van der Waals surface area contributed by atoms with Crippen molar-refractivity contribution in [1.82, 2.24) is 14.5 Å². The standard InChI is InChI=1S/C17H11N3O2/c21-16-15-13(8-4-10-18-15)19-17(22)20(16)14-9-3-6-11-5-1-2-7-12(11)14/h1-10H,(H,19,22). The summed E-state index contributed by atoms with van der Waals surface area (Å²) in [5.41, 5.74) is 0.346. The van der Waals surface area contributed by atoms with Crippen LogP contribution in [0.1, 0.15) is 0 Å². The lowest BCUT2D eigenvalue weighted by molar-refractivity contribution is 0.902. The number of nitrogens with one attached hydrogen (secondary N) is 1. The van der Waals surface area contributed by atoms with E-state index in [0.717, 1.165) is 15.3 Å². The number of fused-ring (bicyclic) bond motifs is 2. The third-order valence-corrected chi connectivity index (χ3v) is 3.67. The smallest absolute Gasteiger partial charge is 0.305 e. The van der Waals surface area contributed by atoms with Crippen LogP contribution in [0, 0.1) is 0 Å². The molecular formula is C17H11N3O2. The molecule has 4 rings (SSSR count). The molecule has 0 radical (unpaired) electrons. The van der Waals surface area contributed by atoms with E-state index in [2.05, 4.69) is 9.97 Å². The van der Waals surface area contributed by atoms with Gasteiger partial charge in [-0.05, 0) is 23.6 Å². The molecule has 0 aliphatic carbocycles. The minimum absolute atomic E-state index is 0.245. The SMILES string of the molecule is O=c1[nH]c2cccnc2c(=O)n1-c1cccc2ccccc12. The van der Waals surface area contributed by atoms with Gasteiger partial charge in [-0.15, -0.1) is 0 Å². The summed E-state index contributed by atoms with van der Waals surface area (Å²) in [6.45, 7) is 0. The molecule has 0 atom stereocenters. The Morgan fingerprint density at radius 3 is 2.64 bits per heavy atom. The molecule has 22 heavy (non-hydrogen) atoms. The summed E-state index contributed by atoms with van der Waals surface area (Å²) in [6, 6.07) is 16.5. The lowest BCUT2D eigenvalue weighted by Crippen LogP contribution is -2.34. The fraction of sp³-hybridized carbons (Fsp3) is 0. The second-order valence-electron chi connectivity index (χ2n) is 4.97. The van der Waals surface area contributed by atoms with Gasteiger partial charge in [0.05, 0.1) is 11.2 Å². The molecule has 5 heteroatoms. The van der Waals surface area contributed by atoms with Gasteiger partial charge in [0.2, 0.25) is 0 Å². The van der Waals surface area contributed by atoms with Gasteiger partial charge in [-0.3, -0.25) is 4.79 Å². The lowest BCUT2D eigenvalue weighted by atomic mass is 10.1. The Morgan fingerprint density at radius 2 is 1.73 bits per heavy atom. The minimum Gasteiger partial charge on any atom is -0.305 e. The molecule has 2 aromatic carbocycles. The summed E-state index contributed by atoms with van der Waals surface area (Å²) >= 11 is 0. The van der Waals surface area contributed by atoms with Gasteiger partial charge in [0.15, 0.2) is 5.52 Å². The van der Waals surface area contributed by atoms with Crippen LogP contribution < -0.4 is 11.2 Å². The third kappa shape index (κ3) is 1.76. The zero-order valence-electron chi connectivity index (χ0n) is 11.5. The molecule has 2 heterocycles. The Bertz CT molecular complexity index is 1120. The Hall–Kier alpha value is -3.21. The summed E-state index contributed by atoms with van der Waals surface area (Å²) in [5, 5.41) is 1.81. The molecule has 4 aromatic rings. The first-order chi connectivity index (χ1) is 10.8. The van der Waals surface area contributed by atoms with E-state index in [1.165, 1.54) is 6.20 Å². The van der Waals surface area contributed by atoms with Gasteiger partial charge in [0.25, 0.3) is 5.56 Å². The summed E-state index contributed by atoms with van der Waals surface area (Å²) in [7, 11) is 0. The largest absolute Gasteiger partial charge is 0.333 e. The Balaban J connectivity index is 2.18. The van der Waals surface area contributed by atoms with Crippen molar-refractivity contribution in [2.75, 3.05) is 0 Å². The molecule has 0 spiro atoms. The number of pyridine rings is 1. The molecule has 0 aliphatic heterocycles. The number of aromatic nitrogens is 3. The second-order valence-corrected chi connectivity index (χ2v) is 4.97. The quantitative estimate of drug-likeness (QED) is 0.584. The number of H-pyrrole nitrogens is 1. The lowest BCUT2D eigenvalue weighted by Gasteiger charge is -2.09. The maximum Gasteiger partial charge on any atom is 0.333 e. The third-order valence-electron chi connectivity index (χ3n) is 3.67. The first kappa shape index (κ1) is 12.5. The fourth-order valence-corrected chi connectivity index (χ4v) is 2.67. The molecule has 1 N–H and O–H groups in total. The van der Waals surface area contributed by atoms with Crippen molar-refractivity contribution < 1.29 is 0 Å². The zero-order chi connectivity index (χ0) is 15.1. The van der Waals surface area contributed by atoms with E-state index in [4.69, 9.17) is 0 Å². The molecule has 106 valence electrons. The number of rotatable bonds is 1. The first-order valence-electron chi connectivity index (χ1n) is 6.84. The molecule has 0 fully saturated rings. The fourth-order valence-electron chi connectivity index (χ4n) is 2.67. The van der Waals surface area contributed by atoms with Gasteiger partial charge < -0.3 is 4.98 Å². The first-order valence-corrected chi connectivity index (χ1v) is 6.84. The average Bonchev–Trinajstić information content (AvgIpc) is 2.55. The predicted octanol–water partition coefficient (Wildman–Crippen LogP) is 2.23. The highest BCUT2D eigenvalue weighted by molar-refractivity contribution is 5.90. The van der Waals surface area contributed by atoms with Gasteiger partial charge in [0.1, 0.15) is 0 Å². The summed E-state index contributed by atoms with van der Waals surface area (Å²) in [4.78, 5) is 31.8. The van der Waals surface area contributed by atoms with Crippen LogP contribution in [0.3, 0.4) is 0 Å². The number of hydrogen-bond donors (Lipinski definition) is 1. The topological polar surface area (TPSA) is 67.8 Å². The molecule has 0 unspecified atom stereocenters. The Labute approximate surface area is 124 Å². The summed E-state index contributed by atoms with van der Waals surface area (Å²) in [5.74, 6) is 0. The molecule has 2 aromatic heterocycles. The molecule has 0 amide bonds. The maximum atomic E-state index is 12.7. The highest BCUT2D eigenvalue weighted by atomic mass is 16.2. The van der Waals surface area contributed by atoms with Crippen molar-refractivity contribution in [2.24, 2.45) is 0 Å². The number of hydrogen-bond acceptors (Lipinski definition) is 3. The van der Waals surface area contributed by atoms with Crippen LogP contribution in [-0.2, 0) is 0 Å². The number of benzene rings is 2. The van der Waals surface area contributed by atoms with Crippen molar-refractivity contribution in [2.45, 2.75) is 0 Å². The van der Waals surface area contributed by atoms with Crippen LogP contribution in [-0.4, -0.2) is 14.5 Å². The second kappa shape index (κ2) is 4.66. The Morgan fingerprint density at radius 1 is 0.909 bits per heavy atom. The Kier molecular flexibility index (Phi) is 2.66. The van der Waals surface area contributed by atoms with E-state index >= 15 is 0 Å². The molecular weight excluding hydrogens is 278 g/mol. The monoisotopic (exact) mass is 289 g/mol. The van der Waals surface area contributed by atoms with Crippen LogP contribution >= 0.6 is 0 Å². The molecule has 0 aliphatic rings. The van der Waals surface area contributed by atoms with Gasteiger partial charge in [-0.2, -0.15) is 0 Å². The summed E-state index contributed by atoms with van der Waals surface area (Å²) < 4.78 is 1.14. The van der Waals surface area contributed by atoms with Crippen molar-refractivity contribution in [3.63, 3.8) is 0 Å². The molecule has 5 nitrogen and oxygen atoms in total. The maximum absolute atomic E-state index is 12.7. The minimum atomic E-state index is -0.471. The van der Waals surface area contributed by atoms with Crippen molar-refractivity contribution >= 4 is 21.8 Å². The van der Waals surface area contributed by atoms with Crippen LogP contribution in [0.5, 0.6) is 0 Å². The zero-order valence-corrected chi connectivity index (χ0v) is 11.5. The molecule has 0 saturated heterocycles. The van der Waals surface area contributed by atoms with Crippen molar-refractivity contribution in [3.05, 3.63) is 81.6 Å². The van der Waals surface area contributed by atoms with Crippen LogP contribution in [0.15, 0.2) is 70.4 Å². The van der Waals surface area contributed by atoms with Crippen LogP contribution in [0.4, 0.5) is 0 Å². The van der Waals surface area contributed by atoms with E-state index in [1.54, 1.807) is 18.2 Å². The highest BCUT2D eigenvalue weighted by Gasteiger charge is 2.12. The highest BCUT2D eigenvalue weighted by Crippen LogP contribution is 2.20. The summed E-state index contributed by atoms with van der Waals surface area (Å²) in [6.07, 6.45) is 1.54. The van der Waals surface area contributed by atoms with Crippen molar-refractivity contribution in [1.29, 1.82) is 0 Å². The average molecular weight is 289 g/mol. The van der Waals surface area contributed by atoms with Crippen molar-refractivity contribution in [3.8, 4) is 5.69 Å². The predicted molar refractivity (Wildman–Crippen MR) is 85.5 cm³/mol. The normalized spacial score (nSPS) is 11.1. The van der Waals surface area contributed by atoms with Crippen LogP contribution in [0.25, 0.3) is 27.5 Å². The van der Waals surface area contributed by atoms with E-state index < -0.39 is 11.2 Å². The van der Waals surface area contributed by atoms with Gasteiger partial charge >= 0.3 is 5.69 Å². The van der Waals surface area contributed by atoms with Crippen LogP contribution in [0.2, 0.25) is 0 Å². The molecule has 0 bridgehead atoms. The van der Waals surface area contributed by atoms with E-state index in [9.17, 15) is 9.59 Å². The molecule has 0 saturated carbocycles. The van der Waals surface area contributed by atoms with E-state index in [0.29, 0.717) is 11.2 Å².